The Morgan fingerprint density at radius 1 is 1.10 bits per heavy atom. The molecule has 104 valence electrons. The number of anilines is 2. The van der Waals surface area contributed by atoms with Crippen LogP contribution in [0.1, 0.15) is 10.4 Å². The number of nitrogens with one attached hydrogen (secondary N) is 2. The molecule has 0 aliphatic heterocycles. The number of hydrogen-bond acceptors (Lipinski definition) is 4. The van der Waals surface area contributed by atoms with Gasteiger partial charge in [-0.2, -0.15) is 0 Å². The molecule has 0 aliphatic carbocycles. The molecule has 0 radical (unpaired) electrons. The maximum atomic E-state index is 12.0. The fourth-order valence-corrected chi connectivity index (χ4v) is 2.02. The Morgan fingerprint density at radius 3 is 2.40 bits per heavy atom. The molecule has 0 saturated carbocycles. The number of nitrogens with zero attached hydrogens (tertiary/aromatic N) is 1. The van der Waals surface area contributed by atoms with Crippen molar-refractivity contribution in [3.8, 4) is 0 Å². The molecule has 20 heavy (non-hydrogen) atoms. The van der Waals surface area contributed by atoms with E-state index < -0.39 is 0 Å². The van der Waals surface area contributed by atoms with Crippen LogP contribution in [-0.2, 0) is 0 Å². The summed E-state index contributed by atoms with van der Waals surface area (Å²) in [5, 5.41) is 3.53. The lowest BCUT2D eigenvalue weighted by atomic mass is 10.2. The van der Waals surface area contributed by atoms with E-state index in [-0.39, 0.29) is 5.91 Å². The number of carbonyl (C=O) groups excluding carboxylic acids is 1. The largest absolute Gasteiger partial charge is 0.321 e. The van der Waals surface area contributed by atoms with Gasteiger partial charge in [-0.1, -0.05) is 34.8 Å². The van der Waals surface area contributed by atoms with Crippen molar-refractivity contribution in [1.82, 2.24) is 4.98 Å². The summed E-state index contributed by atoms with van der Waals surface area (Å²) in [6.07, 6.45) is 1.38. The van der Waals surface area contributed by atoms with Gasteiger partial charge in [0.1, 0.15) is 5.82 Å². The van der Waals surface area contributed by atoms with Gasteiger partial charge in [-0.3, -0.25) is 4.79 Å². The van der Waals surface area contributed by atoms with Gasteiger partial charge < -0.3 is 10.7 Å². The van der Waals surface area contributed by atoms with Crippen LogP contribution in [0.4, 0.5) is 11.5 Å². The fourth-order valence-electron chi connectivity index (χ4n) is 1.43. The van der Waals surface area contributed by atoms with E-state index in [1.807, 2.05) is 0 Å². The predicted molar refractivity (Wildman–Crippen MR) is 81.5 cm³/mol. The Kier molecular flexibility index (Phi) is 4.67. The van der Waals surface area contributed by atoms with Crippen molar-refractivity contribution in [2.75, 3.05) is 10.7 Å². The van der Waals surface area contributed by atoms with E-state index in [2.05, 4.69) is 15.7 Å². The Bertz CT molecular complexity index is 646. The number of aromatic nitrogens is 1. The molecule has 4 N–H and O–H groups in total. The number of amides is 1. The smallest absolute Gasteiger partial charge is 0.257 e. The van der Waals surface area contributed by atoms with Crippen LogP contribution in [0.5, 0.6) is 0 Å². The molecule has 1 amide bonds. The third-order valence-electron chi connectivity index (χ3n) is 2.43. The minimum absolute atomic E-state index is 0.293. The highest BCUT2D eigenvalue weighted by atomic mass is 35.5. The highest BCUT2D eigenvalue weighted by Crippen LogP contribution is 2.32. The van der Waals surface area contributed by atoms with Gasteiger partial charge in [0.15, 0.2) is 0 Å². The van der Waals surface area contributed by atoms with E-state index in [9.17, 15) is 4.79 Å². The van der Waals surface area contributed by atoms with Crippen LogP contribution in [0.2, 0.25) is 15.1 Å². The number of carbonyl (C=O) groups is 1. The van der Waals surface area contributed by atoms with Crippen LogP contribution < -0.4 is 16.6 Å². The second-order valence-corrected chi connectivity index (χ2v) is 5.00. The normalized spacial score (nSPS) is 10.2. The number of pyridine rings is 1. The van der Waals surface area contributed by atoms with Gasteiger partial charge in [-0.05, 0) is 24.3 Å². The van der Waals surface area contributed by atoms with Crippen molar-refractivity contribution < 1.29 is 4.79 Å². The summed E-state index contributed by atoms with van der Waals surface area (Å²) in [5.41, 5.74) is 3.09. The van der Waals surface area contributed by atoms with E-state index in [1.54, 1.807) is 12.1 Å². The molecular weight excluding hydrogens is 323 g/mol. The van der Waals surface area contributed by atoms with Gasteiger partial charge >= 0.3 is 0 Å². The van der Waals surface area contributed by atoms with Crippen molar-refractivity contribution in [2.24, 2.45) is 5.84 Å². The van der Waals surface area contributed by atoms with Crippen LogP contribution in [0.15, 0.2) is 30.5 Å². The third kappa shape index (κ3) is 3.32. The maximum Gasteiger partial charge on any atom is 0.257 e. The van der Waals surface area contributed by atoms with Gasteiger partial charge in [0.25, 0.3) is 5.91 Å². The van der Waals surface area contributed by atoms with Crippen molar-refractivity contribution in [3.63, 3.8) is 0 Å². The Balaban J connectivity index is 2.20. The quantitative estimate of drug-likeness (QED) is 0.456. The highest BCUT2D eigenvalue weighted by Gasteiger charge is 2.11. The van der Waals surface area contributed by atoms with Gasteiger partial charge in [0, 0.05) is 6.20 Å². The lowest BCUT2D eigenvalue weighted by Crippen LogP contribution is -2.14. The average Bonchev–Trinajstić information content (AvgIpc) is 2.44. The number of nitrogens with two attached hydrogens (primary N) is 1. The summed E-state index contributed by atoms with van der Waals surface area (Å²) in [6.45, 7) is 0. The standard InChI is InChI=1S/C12H9Cl3N4O/c13-7-3-9(15)10(4-8(7)14)18-12(20)6-1-2-11(19-16)17-5-6/h1-5H,16H2,(H,17,19)(H,18,20). The van der Waals surface area contributed by atoms with E-state index >= 15 is 0 Å². The fraction of sp³-hybridized carbons (Fsp3) is 0. The third-order valence-corrected chi connectivity index (χ3v) is 3.47. The van der Waals surface area contributed by atoms with E-state index in [0.717, 1.165) is 0 Å². The first kappa shape index (κ1) is 14.9. The summed E-state index contributed by atoms with van der Waals surface area (Å²) in [6, 6.07) is 6.09. The molecule has 5 nitrogen and oxygen atoms in total. The average molecular weight is 332 g/mol. The second kappa shape index (κ2) is 6.28. The summed E-state index contributed by atoms with van der Waals surface area (Å²) in [5.74, 6) is 5.27. The molecule has 0 bridgehead atoms. The molecule has 0 unspecified atom stereocenters. The molecule has 8 heteroatoms. The Labute approximate surface area is 130 Å². The van der Waals surface area contributed by atoms with E-state index in [4.69, 9.17) is 40.6 Å². The molecule has 0 atom stereocenters. The number of nitrogen functional groups attached to an aromatic ring is 1. The zero-order valence-electron chi connectivity index (χ0n) is 9.95. The molecule has 1 aromatic heterocycles. The Hall–Kier alpha value is -1.53. The van der Waals surface area contributed by atoms with E-state index in [1.165, 1.54) is 18.3 Å². The van der Waals surface area contributed by atoms with Crippen LogP contribution >= 0.6 is 34.8 Å². The first-order chi connectivity index (χ1) is 9.51. The molecule has 0 fully saturated rings. The zero-order valence-corrected chi connectivity index (χ0v) is 12.2. The number of rotatable bonds is 3. The van der Waals surface area contributed by atoms with Gasteiger partial charge in [0.2, 0.25) is 0 Å². The van der Waals surface area contributed by atoms with Crippen molar-refractivity contribution in [2.45, 2.75) is 0 Å². The first-order valence-electron chi connectivity index (χ1n) is 5.40. The molecule has 0 aliphatic rings. The van der Waals surface area contributed by atoms with Gasteiger partial charge in [-0.15, -0.1) is 0 Å². The number of hydrogen-bond donors (Lipinski definition) is 3. The summed E-state index contributed by atoms with van der Waals surface area (Å²) >= 11 is 17.7. The summed E-state index contributed by atoms with van der Waals surface area (Å²) < 4.78 is 0. The molecule has 1 aromatic carbocycles. The van der Waals surface area contributed by atoms with Crippen molar-refractivity contribution >= 4 is 52.2 Å². The lowest BCUT2D eigenvalue weighted by molar-refractivity contribution is 0.102. The van der Waals surface area contributed by atoms with E-state index in [0.29, 0.717) is 32.1 Å². The zero-order chi connectivity index (χ0) is 14.7. The topological polar surface area (TPSA) is 80.0 Å². The summed E-state index contributed by atoms with van der Waals surface area (Å²) in [7, 11) is 0. The molecule has 0 spiro atoms. The van der Waals surface area contributed by atoms with Gasteiger partial charge in [0.05, 0.1) is 26.3 Å². The minimum Gasteiger partial charge on any atom is -0.321 e. The predicted octanol–water partition coefficient (Wildman–Crippen LogP) is 3.58. The number of benzene rings is 1. The number of halogens is 3. The maximum absolute atomic E-state index is 12.0. The SMILES string of the molecule is NNc1ccc(C(=O)Nc2cc(Cl)c(Cl)cc2Cl)cn1. The van der Waals surface area contributed by atoms with Crippen LogP contribution in [0.25, 0.3) is 0 Å². The first-order valence-corrected chi connectivity index (χ1v) is 6.53. The molecule has 1 heterocycles. The van der Waals surface area contributed by atoms with Crippen LogP contribution in [0.3, 0.4) is 0 Å². The highest BCUT2D eigenvalue weighted by molar-refractivity contribution is 6.44. The molecular formula is C12H9Cl3N4O. The monoisotopic (exact) mass is 330 g/mol. The summed E-state index contributed by atoms with van der Waals surface area (Å²) in [4.78, 5) is 16.0. The lowest BCUT2D eigenvalue weighted by Gasteiger charge is -2.09. The van der Waals surface area contributed by atoms with Crippen molar-refractivity contribution in [3.05, 3.63) is 51.1 Å². The molecule has 0 saturated heterocycles. The molecule has 2 aromatic rings. The Morgan fingerprint density at radius 2 is 1.80 bits per heavy atom. The van der Waals surface area contributed by atoms with Crippen LogP contribution in [0, 0.1) is 0 Å². The minimum atomic E-state index is -0.374. The van der Waals surface area contributed by atoms with Crippen LogP contribution in [-0.4, -0.2) is 10.9 Å². The number of hydrazine groups is 1. The molecule has 2 rings (SSSR count). The second-order valence-electron chi connectivity index (χ2n) is 3.78. The van der Waals surface area contributed by atoms with Crippen molar-refractivity contribution in [1.29, 1.82) is 0 Å². The van der Waals surface area contributed by atoms with Gasteiger partial charge in [-0.25, -0.2) is 10.8 Å².